The molecular weight excluding hydrogens is 206 g/mol. The fraction of sp³-hybridized carbons (Fsp3) is 1.00. The molecule has 0 rings (SSSR count). The monoisotopic (exact) mass is 214 g/mol. The maximum atomic E-state index is 2.32. The molecule has 0 aromatic rings. The van der Waals surface area contributed by atoms with Crippen LogP contribution >= 0.6 is 30.1 Å². The van der Waals surface area contributed by atoms with Gasteiger partial charge in [0.1, 0.15) is 6.71 Å². The van der Waals surface area contributed by atoms with Gasteiger partial charge < -0.3 is 0 Å². The molecule has 6 heavy (non-hydrogen) atoms. The molecule has 0 heterocycles. The highest BCUT2D eigenvalue weighted by Crippen LogP contribution is 2.10. The summed E-state index contributed by atoms with van der Waals surface area (Å²) in [4.78, 5) is 0. The van der Waals surface area contributed by atoms with Crippen LogP contribution in [0.15, 0.2) is 0 Å². The minimum absolute atomic E-state index is 0.854. The summed E-state index contributed by atoms with van der Waals surface area (Å²) >= 11 is 2.32. The Hall–Kier alpha value is 1.14. The Morgan fingerprint density at radius 3 is 2.17 bits per heavy atom. The summed E-state index contributed by atoms with van der Waals surface area (Å²) in [5.41, 5.74) is 1.28. The second kappa shape index (κ2) is 4.31. The number of hydrogen-bond donors (Lipinski definition) is 0. The molecule has 0 aliphatic carbocycles. The maximum Gasteiger partial charge on any atom is 0.145 e. The zero-order valence-electron chi connectivity index (χ0n) is 4.07. The van der Waals surface area contributed by atoms with E-state index in [1.165, 1.54) is 5.65 Å². The van der Waals surface area contributed by atoms with Crippen LogP contribution in [-0.2, 0) is 0 Å². The van der Waals surface area contributed by atoms with Crippen LogP contribution in [0.5, 0.6) is 0 Å². The fourth-order valence-electron chi connectivity index (χ4n) is 0.126. The summed E-state index contributed by atoms with van der Waals surface area (Å²) in [6.07, 6.45) is 0. The third-order valence-electron chi connectivity index (χ3n) is 0.396. The summed E-state index contributed by atoms with van der Waals surface area (Å²) in [6, 6.07) is 0. The van der Waals surface area contributed by atoms with Crippen LogP contribution in [0.25, 0.3) is 0 Å². The van der Waals surface area contributed by atoms with E-state index in [9.17, 15) is 0 Å². The molecular formula is C3H8BIS. The van der Waals surface area contributed by atoms with Gasteiger partial charge in [0.2, 0.25) is 0 Å². The van der Waals surface area contributed by atoms with Crippen LogP contribution in [0.4, 0.5) is 0 Å². The summed E-state index contributed by atoms with van der Waals surface area (Å²) in [6.45, 7) is 5.31. The quantitative estimate of drug-likeness (QED) is 0.502. The van der Waals surface area contributed by atoms with Gasteiger partial charge in [0, 0.05) is 0 Å². The van der Waals surface area contributed by atoms with Crippen molar-refractivity contribution >= 4 is 36.9 Å². The molecule has 0 amide bonds. The predicted octanol–water partition coefficient (Wildman–Crippen LogP) is 2.36. The van der Waals surface area contributed by atoms with E-state index in [0.717, 1.165) is 6.71 Å². The smallest absolute Gasteiger partial charge is 0.0975 e. The van der Waals surface area contributed by atoms with Gasteiger partial charge >= 0.3 is 0 Å². The first-order valence-corrected chi connectivity index (χ1v) is 5.53. The first-order valence-electron chi connectivity index (χ1n) is 2.01. The van der Waals surface area contributed by atoms with Crippen molar-refractivity contribution < 1.29 is 0 Å². The molecule has 0 aromatic heterocycles. The van der Waals surface area contributed by atoms with Crippen molar-refractivity contribution in [3.8, 4) is 0 Å². The van der Waals surface area contributed by atoms with Crippen LogP contribution in [0.3, 0.4) is 0 Å². The minimum atomic E-state index is 0.854. The van der Waals surface area contributed by atoms with Crippen LogP contribution in [0, 0.1) is 0 Å². The molecule has 0 radical (unpaired) electrons. The molecule has 0 bridgehead atoms. The summed E-state index contributed by atoms with van der Waals surface area (Å²) in [5, 5.41) is 0. The summed E-state index contributed by atoms with van der Waals surface area (Å²) in [5.74, 6) is 0. The molecule has 0 unspecified atom stereocenters. The van der Waals surface area contributed by atoms with Crippen LogP contribution in [0.1, 0.15) is 0 Å². The van der Waals surface area contributed by atoms with E-state index in [-0.39, 0.29) is 0 Å². The summed E-state index contributed by atoms with van der Waals surface area (Å²) < 4.78 is 0. The largest absolute Gasteiger partial charge is 0.145 e. The molecule has 0 saturated heterocycles. The topological polar surface area (TPSA) is 0 Å². The molecule has 0 aromatic carbocycles. The van der Waals surface area contributed by atoms with Crippen molar-refractivity contribution in [2.24, 2.45) is 0 Å². The molecule has 0 aliphatic heterocycles. The first kappa shape index (κ1) is 7.14. The van der Waals surface area contributed by atoms with Crippen LogP contribution in [-0.4, -0.2) is 12.4 Å². The predicted molar refractivity (Wildman–Crippen MR) is 44.0 cm³/mol. The SMILES string of the molecule is CB(C)CSI. The van der Waals surface area contributed by atoms with Gasteiger partial charge in [-0.15, -0.1) is 0 Å². The number of hydrogen-bond acceptors (Lipinski definition) is 1. The molecule has 0 fully saturated rings. The molecule has 0 atom stereocenters. The van der Waals surface area contributed by atoms with E-state index in [1.807, 2.05) is 8.93 Å². The molecule has 36 valence electrons. The van der Waals surface area contributed by atoms with Crippen molar-refractivity contribution in [3.63, 3.8) is 0 Å². The van der Waals surface area contributed by atoms with Gasteiger partial charge in [0.15, 0.2) is 0 Å². The Bertz CT molecular complexity index is 32.0. The highest BCUT2D eigenvalue weighted by atomic mass is 127. The second-order valence-electron chi connectivity index (χ2n) is 1.67. The normalized spacial score (nSPS) is 8.50. The highest BCUT2D eigenvalue weighted by Gasteiger charge is 1.93. The van der Waals surface area contributed by atoms with Gasteiger partial charge in [-0.2, -0.15) is 0 Å². The molecule has 3 heteroatoms. The van der Waals surface area contributed by atoms with E-state index in [4.69, 9.17) is 0 Å². The zero-order chi connectivity index (χ0) is 4.99. The number of halogens is 1. The van der Waals surface area contributed by atoms with Crippen LogP contribution in [0.2, 0.25) is 13.6 Å². The maximum absolute atomic E-state index is 2.32. The lowest BCUT2D eigenvalue weighted by molar-refractivity contribution is 1.88. The average Bonchev–Trinajstić information content (AvgIpc) is 1.35. The number of rotatable bonds is 2. The standard InChI is InChI=1S/C3H8BIS/c1-4(2)3-6-5/h3H2,1-2H3. The van der Waals surface area contributed by atoms with E-state index >= 15 is 0 Å². The average molecular weight is 214 g/mol. The van der Waals surface area contributed by atoms with E-state index in [2.05, 4.69) is 34.9 Å². The summed E-state index contributed by atoms with van der Waals surface area (Å²) in [7, 11) is 1.88. The molecule has 0 N–H and O–H groups in total. The van der Waals surface area contributed by atoms with Crippen molar-refractivity contribution in [1.29, 1.82) is 0 Å². The lowest BCUT2D eigenvalue weighted by Gasteiger charge is -1.89. The Balaban J connectivity index is 2.63. The van der Waals surface area contributed by atoms with Gasteiger partial charge in [-0.05, 0) is 26.9 Å². The van der Waals surface area contributed by atoms with Crippen molar-refractivity contribution in [3.05, 3.63) is 0 Å². The second-order valence-corrected chi connectivity index (χ2v) is 4.09. The Kier molecular flexibility index (Phi) is 5.13. The fourth-order valence-corrected chi connectivity index (χ4v) is 2.54. The molecule has 0 saturated carbocycles. The van der Waals surface area contributed by atoms with Gasteiger partial charge in [-0.3, -0.25) is 0 Å². The lowest BCUT2D eigenvalue weighted by Crippen LogP contribution is -2.01. The third-order valence-corrected chi connectivity index (χ3v) is 2.27. The zero-order valence-corrected chi connectivity index (χ0v) is 7.04. The van der Waals surface area contributed by atoms with Gasteiger partial charge in [-0.25, -0.2) is 0 Å². The highest BCUT2D eigenvalue weighted by molar-refractivity contribution is 14.2. The third kappa shape index (κ3) is 5.14. The first-order chi connectivity index (χ1) is 2.77. The van der Waals surface area contributed by atoms with Gasteiger partial charge in [0.05, 0.1) is 0 Å². The molecule has 0 spiro atoms. The molecule has 0 aliphatic rings. The van der Waals surface area contributed by atoms with Crippen molar-refractivity contribution in [1.82, 2.24) is 0 Å². The van der Waals surface area contributed by atoms with Gasteiger partial charge in [-0.1, -0.05) is 22.6 Å². The van der Waals surface area contributed by atoms with Crippen molar-refractivity contribution in [2.75, 3.05) is 5.65 Å². The van der Waals surface area contributed by atoms with E-state index in [0.29, 0.717) is 0 Å². The van der Waals surface area contributed by atoms with E-state index < -0.39 is 0 Å². The Labute approximate surface area is 56.1 Å². The van der Waals surface area contributed by atoms with Crippen LogP contribution < -0.4 is 0 Å². The lowest BCUT2D eigenvalue weighted by atomic mass is 9.57. The van der Waals surface area contributed by atoms with E-state index in [1.54, 1.807) is 0 Å². The van der Waals surface area contributed by atoms with Gasteiger partial charge in [0.25, 0.3) is 0 Å². The minimum Gasteiger partial charge on any atom is -0.0975 e. The Morgan fingerprint density at radius 2 is 2.17 bits per heavy atom. The molecule has 0 nitrogen and oxygen atoms in total. The van der Waals surface area contributed by atoms with Crippen molar-refractivity contribution in [2.45, 2.75) is 13.6 Å². The Morgan fingerprint density at radius 1 is 1.67 bits per heavy atom.